The molecular weight excluding hydrogens is 368 g/mol. The summed E-state index contributed by atoms with van der Waals surface area (Å²) in [4.78, 5) is 34.9. The fourth-order valence-corrected chi connectivity index (χ4v) is 3.22. The van der Waals surface area contributed by atoms with Gasteiger partial charge in [-0.3, -0.25) is 9.59 Å². The van der Waals surface area contributed by atoms with Crippen molar-refractivity contribution in [1.29, 1.82) is 0 Å². The second-order valence-electron chi connectivity index (χ2n) is 5.50. The molecule has 2 amide bonds. The van der Waals surface area contributed by atoms with Gasteiger partial charge in [0.05, 0.1) is 5.56 Å². The third-order valence-corrected chi connectivity index (χ3v) is 4.47. The number of nitrogens with one attached hydrogen (secondary N) is 1. The largest absolute Gasteiger partial charge is 0.481 e. The molecule has 7 nitrogen and oxygen atoms in total. The minimum absolute atomic E-state index is 0.207. The standard InChI is InChI=1S/C19H16N2O5S/c20-18(24)14-8-9-27-19(14)21-16(22)10-26-17(23)11-25-15-7-3-5-12-4-1-2-6-13(12)15/h1-9H,10-11H2,(H2,20,24)(H,21,22). The number of esters is 1. The van der Waals surface area contributed by atoms with Gasteiger partial charge in [0, 0.05) is 5.39 Å². The molecule has 0 aliphatic heterocycles. The lowest BCUT2D eigenvalue weighted by Crippen LogP contribution is -2.24. The number of anilines is 1. The minimum Gasteiger partial charge on any atom is -0.481 e. The Hall–Kier alpha value is -3.39. The zero-order chi connectivity index (χ0) is 19.2. The second kappa shape index (κ2) is 8.33. The monoisotopic (exact) mass is 384 g/mol. The van der Waals surface area contributed by atoms with Gasteiger partial charge in [-0.05, 0) is 22.9 Å². The topological polar surface area (TPSA) is 108 Å². The van der Waals surface area contributed by atoms with Gasteiger partial charge in [0.15, 0.2) is 13.2 Å². The van der Waals surface area contributed by atoms with Crippen LogP contribution in [0.4, 0.5) is 5.00 Å². The van der Waals surface area contributed by atoms with E-state index in [9.17, 15) is 14.4 Å². The van der Waals surface area contributed by atoms with Crippen molar-refractivity contribution in [2.24, 2.45) is 5.73 Å². The molecule has 1 aromatic heterocycles. The number of nitrogens with two attached hydrogens (primary N) is 1. The van der Waals surface area contributed by atoms with Gasteiger partial charge in [0.2, 0.25) is 0 Å². The summed E-state index contributed by atoms with van der Waals surface area (Å²) in [7, 11) is 0. The van der Waals surface area contributed by atoms with Gasteiger partial charge >= 0.3 is 5.97 Å². The number of rotatable bonds is 7. The van der Waals surface area contributed by atoms with E-state index >= 15 is 0 Å². The smallest absolute Gasteiger partial charge is 0.344 e. The van der Waals surface area contributed by atoms with Crippen LogP contribution in [0.25, 0.3) is 10.8 Å². The van der Waals surface area contributed by atoms with Crippen LogP contribution in [-0.2, 0) is 14.3 Å². The first-order valence-corrected chi connectivity index (χ1v) is 8.86. The van der Waals surface area contributed by atoms with Gasteiger partial charge in [0.25, 0.3) is 11.8 Å². The molecular formula is C19H16N2O5S. The Morgan fingerprint density at radius 3 is 2.59 bits per heavy atom. The zero-order valence-electron chi connectivity index (χ0n) is 14.1. The van der Waals surface area contributed by atoms with Crippen molar-refractivity contribution >= 4 is 44.9 Å². The van der Waals surface area contributed by atoms with E-state index in [4.69, 9.17) is 15.2 Å². The molecule has 0 aliphatic carbocycles. The van der Waals surface area contributed by atoms with Crippen LogP contribution < -0.4 is 15.8 Å². The van der Waals surface area contributed by atoms with E-state index in [1.807, 2.05) is 36.4 Å². The Morgan fingerprint density at radius 1 is 1.00 bits per heavy atom. The van der Waals surface area contributed by atoms with Crippen LogP contribution in [0.1, 0.15) is 10.4 Å². The first-order chi connectivity index (χ1) is 13.0. The number of primary amides is 1. The minimum atomic E-state index is -0.681. The van der Waals surface area contributed by atoms with Crippen molar-refractivity contribution in [3.63, 3.8) is 0 Å². The molecule has 0 atom stereocenters. The third kappa shape index (κ3) is 4.62. The Balaban J connectivity index is 1.50. The summed E-state index contributed by atoms with van der Waals surface area (Å²) in [5.41, 5.74) is 5.41. The van der Waals surface area contributed by atoms with E-state index in [0.29, 0.717) is 10.8 Å². The van der Waals surface area contributed by atoms with E-state index in [1.54, 1.807) is 11.4 Å². The predicted molar refractivity (Wildman–Crippen MR) is 102 cm³/mol. The molecule has 8 heteroatoms. The lowest BCUT2D eigenvalue weighted by molar-refractivity contribution is -0.149. The maximum absolute atomic E-state index is 11.9. The van der Waals surface area contributed by atoms with Crippen LogP contribution in [0.5, 0.6) is 5.75 Å². The summed E-state index contributed by atoms with van der Waals surface area (Å²) >= 11 is 1.15. The maximum atomic E-state index is 11.9. The van der Waals surface area contributed by atoms with Gasteiger partial charge in [-0.15, -0.1) is 11.3 Å². The van der Waals surface area contributed by atoms with Gasteiger partial charge in [-0.2, -0.15) is 0 Å². The van der Waals surface area contributed by atoms with Crippen LogP contribution in [0.15, 0.2) is 53.9 Å². The predicted octanol–water partition coefficient (Wildman–Crippen LogP) is 2.56. The Kier molecular flexibility index (Phi) is 5.68. The molecule has 2 aromatic carbocycles. The summed E-state index contributed by atoms with van der Waals surface area (Å²) in [6.07, 6.45) is 0. The number of benzene rings is 2. The number of amides is 2. The molecule has 0 aliphatic rings. The molecule has 0 spiro atoms. The molecule has 3 N–H and O–H groups in total. The highest BCUT2D eigenvalue weighted by Gasteiger charge is 2.14. The summed E-state index contributed by atoms with van der Waals surface area (Å²) in [6.45, 7) is -0.819. The van der Waals surface area contributed by atoms with E-state index < -0.39 is 24.4 Å². The number of fused-ring (bicyclic) bond motifs is 1. The highest BCUT2D eigenvalue weighted by atomic mass is 32.1. The Morgan fingerprint density at radius 2 is 1.78 bits per heavy atom. The van der Waals surface area contributed by atoms with Crippen LogP contribution in [0.2, 0.25) is 0 Å². The summed E-state index contributed by atoms with van der Waals surface area (Å²) < 4.78 is 10.4. The molecule has 0 radical (unpaired) electrons. The third-order valence-electron chi connectivity index (χ3n) is 3.64. The quantitative estimate of drug-likeness (QED) is 0.609. The molecule has 27 heavy (non-hydrogen) atoms. The van der Waals surface area contributed by atoms with E-state index in [1.165, 1.54) is 6.07 Å². The molecule has 0 unspecified atom stereocenters. The summed E-state index contributed by atoms with van der Waals surface area (Å²) in [6, 6.07) is 14.6. The lowest BCUT2D eigenvalue weighted by atomic mass is 10.1. The molecule has 138 valence electrons. The van der Waals surface area contributed by atoms with Crippen LogP contribution in [0.3, 0.4) is 0 Å². The zero-order valence-corrected chi connectivity index (χ0v) is 15.0. The molecule has 0 bridgehead atoms. The highest BCUT2D eigenvalue weighted by Crippen LogP contribution is 2.25. The molecule has 3 rings (SSSR count). The van der Waals surface area contributed by atoms with Gasteiger partial charge < -0.3 is 20.5 Å². The van der Waals surface area contributed by atoms with E-state index in [0.717, 1.165) is 22.1 Å². The van der Waals surface area contributed by atoms with Crippen molar-refractivity contribution in [3.05, 3.63) is 59.5 Å². The van der Waals surface area contributed by atoms with Crippen molar-refractivity contribution in [2.45, 2.75) is 0 Å². The molecule has 3 aromatic rings. The van der Waals surface area contributed by atoms with Crippen molar-refractivity contribution in [2.75, 3.05) is 18.5 Å². The molecule has 0 saturated carbocycles. The van der Waals surface area contributed by atoms with Crippen molar-refractivity contribution in [3.8, 4) is 5.75 Å². The Labute approximate surface area is 158 Å². The fourth-order valence-electron chi connectivity index (χ4n) is 2.41. The van der Waals surface area contributed by atoms with Gasteiger partial charge in [-0.25, -0.2) is 4.79 Å². The molecule has 0 fully saturated rings. The second-order valence-corrected chi connectivity index (χ2v) is 6.42. The van der Waals surface area contributed by atoms with Crippen LogP contribution >= 0.6 is 11.3 Å². The summed E-state index contributed by atoms with van der Waals surface area (Å²) in [5, 5.41) is 6.29. The Bertz CT molecular complexity index is 993. The number of hydrogen-bond donors (Lipinski definition) is 2. The van der Waals surface area contributed by atoms with Crippen LogP contribution in [-0.4, -0.2) is 31.0 Å². The number of carbonyl (C=O) groups is 3. The van der Waals surface area contributed by atoms with E-state index in [-0.39, 0.29) is 12.2 Å². The maximum Gasteiger partial charge on any atom is 0.344 e. The van der Waals surface area contributed by atoms with Crippen molar-refractivity contribution in [1.82, 2.24) is 0 Å². The average molecular weight is 384 g/mol. The molecule has 1 heterocycles. The van der Waals surface area contributed by atoms with Gasteiger partial charge in [-0.1, -0.05) is 36.4 Å². The number of thiophene rings is 1. The van der Waals surface area contributed by atoms with Gasteiger partial charge in [0.1, 0.15) is 10.8 Å². The van der Waals surface area contributed by atoms with Crippen LogP contribution in [0, 0.1) is 0 Å². The molecule has 0 saturated heterocycles. The van der Waals surface area contributed by atoms with E-state index in [2.05, 4.69) is 5.32 Å². The summed E-state index contributed by atoms with van der Waals surface area (Å²) in [5.74, 6) is -1.34. The first kappa shape index (κ1) is 18.4. The SMILES string of the molecule is NC(=O)c1ccsc1NC(=O)COC(=O)COc1cccc2ccccc12. The lowest BCUT2D eigenvalue weighted by Gasteiger charge is -2.09. The normalized spacial score (nSPS) is 10.4. The first-order valence-electron chi connectivity index (χ1n) is 7.98. The average Bonchev–Trinajstić information content (AvgIpc) is 3.13. The highest BCUT2D eigenvalue weighted by molar-refractivity contribution is 7.14. The fraction of sp³-hybridized carbons (Fsp3) is 0.105. The number of carbonyl (C=O) groups excluding carboxylic acids is 3. The number of hydrogen-bond acceptors (Lipinski definition) is 6. The van der Waals surface area contributed by atoms with Crippen molar-refractivity contribution < 1.29 is 23.9 Å². The number of ether oxygens (including phenoxy) is 2.